The Morgan fingerprint density at radius 1 is 1.43 bits per heavy atom. The van der Waals surface area contributed by atoms with Gasteiger partial charge in [0.1, 0.15) is 22.3 Å². The number of rotatable bonds is 4. The van der Waals surface area contributed by atoms with Crippen molar-refractivity contribution in [3.63, 3.8) is 0 Å². The Morgan fingerprint density at radius 2 is 2.09 bits per heavy atom. The molecule has 1 aromatic carbocycles. The summed E-state index contributed by atoms with van der Waals surface area (Å²) >= 11 is 0. The molecule has 0 aliphatic heterocycles. The molecular weight excluding hydrogens is 321 g/mol. The second-order valence-electron chi connectivity index (χ2n) is 4.92. The van der Waals surface area contributed by atoms with Crippen molar-refractivity contribution in [1.29, 1.82) is 5.26 Å². The lowest BCUT2D eigenvalue weighted by atomic mass is 10.1. The topological polar surface area (TPSA) is 114 Å². The zero-order valence-corrected chi connectivity index (χ0v) is 13.7. The summed E-state index contributed by atoms with van der Waals surface area (Å²) < 4.78 is 42.6. The molecule has 3 N–H and O–H groups in total. The lowest BCUT2D eigenvalue weighted by molar-refractivity contribution is 0.598. The molecule has 1 aromatic heterocycles. The van der Waals surface area contributed by atoms with Gasteiger partial charge in [-0.3, -0.25) is 9.40 Å². The summed E-state index contributed by atoms with van der Waals surface area (Å²) in [5, 5.41) is 13.1. The van der Waals surface area contributed by atoms with E-state index in [1.54, 1.807) is 24.6 Å². The highest BCUT2D eigenvalue weighted by Gasteiger charge is 2.25. The average Bonchev–Trinajstić information content (AvgIpc) is 2.77. The molecule has 0 spiro atoms. The number of anilines is 2. The Hall–Kier alpha value is -2.60. The maximum atomic E-state index is 13.5. The van der Waals surface area contributed by atoms with Crippen LogP contribution >= 0.6 is 0 Å². The third-order valence-electron chi connectivity index (χ3n) is 3.43. The molecule has 1 heterocycles. The van der Waals surface area contributed by atoms with Crippen LogP contribution in [0.15, 0.2) is 17.0 Å². The molecule has 122 valence electrons. The van der Waals surface area contributed by atoms with E-state index in [-0.39, 0.29) is 16.3 Å². The Labute approximate surface area is 133 Å². The molecule has 7 nitrogen and oxygen atoms in total. The van der Waals surface area contributed by atoms with Crippen LogP contribution in [-0.4, -0.2) is 18.2 Å². The number of nitrogens with two attached hydrogens (primary N) is 1. The van der Waals surface area contributed by atoms with Gasteiger partial charge in [0.2, 0.25) is 0 Å². The van der Waals surface area contributed by atoms with E-state index in [1.165, 1.54) is 6.07 Å². The van der Waals surface area contributed by atoms with Crippen LogP contribution in [0.2, 0.25) is 0 Å². The number of nitrogens with one attached hydrogen (secondary N) is 1. The van der Waals surface area contributed by atoms with Crippen molar-refractivity contribution < 1.29 is 12.8 Å². The van der Waals surface area contributed by atoms with Crippen LogP contribution in [0.3, 0.4) is 0 Å². The van der Waals surface area contributed by atoms with E-state index in [0.717, 1.165) is 6.07 Å². The first-order valence-electron chi connectivity index (χ1n) is 6.77. The van der Waals surface area contributed by atoms with Crippen molar-refractivity contribution in [2.24, 2.45) is 0 Å². The summed E-state index contributed by atoms with van der Waals surface area (Å²) in [6, 6.07) is 3.78. The summed E-state index contributed by atoms with van der Waals surface area (Å²) in [4.78, 5) is 0.0431. The fourth-order valence-electron chi connectivity index (χ4n) is 2.37. The number of aromatic nitrogens is 2. The maximum absolute atomic E-state index is 13.5. The van der Waals surface area contributed by atoms with Gasteiger partial charge in [-0.25, -0.2) is 12.8 Å². The van der Waals surface area contributed by atoms with Crippen molar-refractivity contribution in [2.45, 2.75) is 32.2 Å². The Balaban J connectivity index is 2.53. The standard InChI is InChI=1S/C14H16FN5O2S/c1-4-20-9(3)14(8(2)18-20)23(21,22)19-12-6-5-11(15)10(7-16)13(12)17/h5-6,19H,4,17H2,1-3H3. The number of hydrogen-bond acceptors (Lipinski definition) is 5. The molecule has 0 amide bonds. The predicted molar refractivity (Wildman–Crippen MR) is 83.7 cm³/mol. The zero-order chi connectivity index (χ0) is 17.4. The van der Waals surface area contributed by atoms with Crippen LogP contribution in [0.25, 0.3) is 0 Å². The second kappa shape index (κ2) is 5.89. The van der Waals surface area contributed by atoms with Crippen molar-refractivity contribution in [1.82, 2.24) is 9.78 Å². The first-order chi connectivity index (χ1) is 10.7. The number of nitriles is 1. The molecule has 0 saturated heterocycles. The minimum Gasteiger partial charge on any atom is -0.396 e. The Morgan fingerprint density at radius 3 is 2.61 bits per heavy atom. The van der Waals surface area contributed by atoms with Gasteiger partial charge >= 0.3 is 0 Å². The number of benzene rings is 1. The van der Waals surface area contributed by atoms with Crippen LogP contribution in [0, 0.1) is 31.0 Å². The van der Waals surface area contributed by atoms with Crippen LogP contribution in [0.5, 0.6) is 0 Å². The molecule has 0 unspecified atom stereocenters. The van der Waals surface area contributed by atoms with Gasteiger partial charge in [0.15, 0.2) is 0 Å². The largest absolute Gasteiger partial charge is 0.396 e. The van der Waals surface area contributed by atoms with Gasteiger partial charge in [0, 0.05) is 6.54 Å². The molecule has 0 saturated carbocycles. The number of halogens is 1. The minimum absolute atomic E-state index is 0.0431. The van der Waals surface area contributed by atoms with E-state index in [2.05, 4.69) is 9.82 Å². The van der Waals surface area contributed by atoms with Crippen LogP contribution in [-0.2, 0) is 16.6 Å². The highest BCUT2D eigenvalue weighted by atomic mass is 32.2. The van der Waals surface area contributed by atoms with Crippen LogP contribution in [0.1, 0.15) is 23.9 Å². The summed E-state index contributed by atoms with van der Waals surface area (Å²) in [6.07, 6.45) is 0. The molecule has 2 rings (SSSR count). The molecule has 0 bridgehead atoms. The quantitative estimate of drug-likeness (QED) is 0.827. The fraction of sp³-hybridized carbons (Fsp3) is 0.286. The molecule has 9 heteroatoms. The molecular formula is C14H16FN5O2S. The van der Waals surface area contributed by atoms with Gasteiger partial charge in [-0.2, -0.15) is 10.4 Å². The maximum Gasteiger partial charge on any atom is 0.265 e. The highest BCUT2D eigenvalue weighted by molar-refractivity contribution is 7.92. The summed E-state index contributed by atoms with van der Waals surface area (Å²) in [6.45, 7) is 5.61. The normalized spacial score (nSPS) is 11.3. The number of hydrogen-bond donors (Lipinski definition) is 2. The Bertz CT molecular complexity index is 912. The summed E-state index contributed by atoms with van der Waals surface area (Å²) in [5.41, 5.74) is 5.80. The van der Waals surface area contributed by atoms with Gasteiger partial charge in [0.05, 0.1) is 22.8 Å². The summed E-state index contributed by atoms with van der Waals surface area (Å²) in [5.74, 6) is -0.806. The SMILES string of the molecule is CCn1nc(C)c(S(=O)(=O)Nc2ccc(F)c(C#N)c2N)c1C. The zero-order valence-electron chi connectivity index (χ0n) is 12.9. The van der Waals surface area contributed by atoms with E-state index in [0.29, 0.717) is 17.9 Å². The van der Waals surface area contributed by atoms with Gasteiger partial charge in [-0.15, -0.1) is 0 Å². The molecule has 0 aliphatic carbocycles. The number of aryl methyl sites for hydroxylation is 2. The number of nitrogens with zero attached hydrogens (tertiary/aromatic N) is 3. The highest BCUT2D eigenvalue weighted by Crippen LogP contribution is 2.29. The van der Waals surface area contributed by atoms with Crippen molar-refractivity contribution >= 4 is 21.4 Å². The fourth-order valence-corrected chi connectivity index (χ4v) is 3.86. The smallest absolute Gasteiger partial charge is 0.265 e. The van der Waals surface area contributed by atoms with Crippen molar-refractivity contribution in [3.05, 3.63) is 34.9 Å². The van der Waals surface area contributed by atoms with Gasteiger partial charge in [0.25, 0.3) is 10.0 Å². The lowest BCUT2D eigenvalue weighted by Gasteiger charge is -2.12. The van der Waals surface area contributed by atoms with Crippen molar-refractivity contribution in [2.75, 3.05) is 10.5 Å². The Kier molecular flexibility index (Phi) is 4.29. The summed E-state index contributed by atoms with van der Waals surface area (Å²) in [7, 11) is -3.97. The van der Waals surface area contributed by atoms with Crippen LogP contribution < -0.4 is 10.5 Å². The molecule has 0 atom stereocenters. The third kappa shape index (κ3) is 2.85. The second-order valence-corrected chi connectivity index (χ2v) is 6.54. The van der Waals surface area contributed by atoms with Gasteiger partial charge in [-0.1, -0.05) is 0 Å². The molecule has 23 heavy (non-hydrogen) atoms. The van der Waals surface area contributed by atoms with E-state index < -0.39 is 21.4 Å². The average molecular weight is 337 g/mol. The molecule has 2 aromatic rings. The predicted octanol–water partition coefficient (Wildman–Crippen LogP) is 1.91. The monoisotopic (exact) mass is 337 g/mol. The minimum atomic E-state index is -3.97. The number of nitrogen functional groups attached to an aromatic ring is 1. The van der Waals surface area contributed by atoms with Gasteiger partial charge < -0.3 is 5.73 Å². The van der Waals surface area contributed by atoms with Crippen LogP contribution in [0.4, 0.5) is 15.8 Å². The molecule has 0 fully saturated rings. The molecule has 0 radical (unpaired) electrons. The van der Waals surface area contributed by atoms with Gasteiger partial charge in [-0.05, 0) is 32.9 Å². The molecule has 0 aliphatic rings. The van der Waals surface area contributed by atoms with E-state index in [9.17, 15) is 12.8 Å². The van der Waals surface area contributed by atoms with E-state index in [4.69, 9.17) is 11.0 Å². The number of sulfonamides is 1. The first kappa shape index (κ1) is 16.8. The lowest BCUT2D eigenvalue weighted by Crippen LogP contribution is -2.16. The van der Waals surface area contributed by atoms with E-state index >= 15 is 0 Å². The third-order valence-corrected chi connectivity index (χ3v) is 5.05. The van der Waals surface area contributed by atoms with Crippen molar-refractivity contribution in [3.8, 4) is 6.07 Å². The van der Waals surface area contributed by atoms with E-state index in [1.807, 2.05) is 6.92 Å². The first-order valence-corrected chi connectivity index (χ1v) is 8.26.